The summed E-state index contributed by atoms with van der Waals surface area (Å²) < 4.78 is 13.2. The average molecular weight is 345 g/mol. The van der Waals surface area contributed by atoms with E-state index in [1.165, 1.54) is 0 Å². The molecule has 0 saturated carbocycles. The van der Waals surface area contributed by atoms with E-state index in [1.54, 1.807) is 10.9 Å². The summed E-state index contributed by atoms with van der Waals surface area (Å²) in [4.78, 5) is 12.3. The lowest BCUT2D eigenvalue weighted by Gasteiger charge is -2.32. The van der Waals surface area contributed by atoms with Crippen LogP contribution in [0.4, 0.5) is 0 Å². The van der Waals surface area contributed by atoms with Crippen molar-refractivity contribution >= 4 is 5.91 Å². The highest BCUT2D eigenvalue weighted by Crippen LogP contribution is 2.18. The standard InChI is InChI=1S/C18H23N3O4/c1-13-6-8-19-21(13)10-18(23)20-16-7-9-24-12-17(16)25-15-4-2-14(11-22)3-5-15/h2-6,8,16-17,22H,7,9-12H2,1H3,(H,20,23). The topological polar surface area (TPSA) is 85.6 Å². The highest BCUT2D eigenvalue weighted by atomic mass is 16.5. The van der Waals surface area contributed by atoms with Crippen molar-refractivity contribution in [1.82, 2.24) is 15.1 Å². The Morgan fingerprint density at radius 1 is 1.40 bits per heavy atom. The number of nitrogens with zero attached hydrogens (tertiary/aromatic N) is 2. The third-order valence-electron chi connectivity index (χ3n) is 4.27. The molecule has 1 fully saturated rings. The second-order valence-electron chi connectivity index (χ2n) is 6.13. The lowest BCUT2D eigenvalue weighted by molar-refractivity contribution is -0.124. The van der Waals surface area contributed by atoms with Gasteiger partial charge in [0.15, 0.2) is 0 Å². The molecule has 1 aromatic carbocycles. The smallest absolute Gasteiger partial charge is 0.242 e. The minimum absolute atomic E-state index is 0.00164. The van der Waals surface area contributed by atoms with Crippen molar-refractivity contribution in [2.75, 3.05) is 13.2 Å². The first-order chi connectivity index (χ1) is 12.2. The Labute approximate surface area is 146 Å². The summed E-state index contributed by atoms with van der Waals surface area (Å²) in [6.07, 6.45) is 2.12. The maximum Gasteiger partial charge on any atom is 0.242 e. The first kappa shape index (κ1) is 17.4. The van der Waals surface area contributed by atoms with E-state index in [0.29, 0.717) is 25.4 Å². The zero-order chi connectivity index (χ0) is 17.6. The van der Waals surface area contributed by atoms with Crippen LogP contribution < -0.4 is 10.1 Å². The molecule has 2 aromatic rings. The summed E-state index contributed by atoms with van der Waals surface area (Å²) in [6.45, 7) is 3.12. The SMILES string of the molecule is Cc1ccnn1CC(=O)NC1CCOCC1Oc1ccc(CO)cc1. The lowest BCUT2D eigenvalue weighted by atomic mass is 10.1. The van der Waals surface area contributed by atoms with Gasteiger partial charge in [0.25, 0.3) is 0 Å². The van der Waals surface area contributed by atoms with Gasteiger partial charge in [0.1, 0.15) is 18.4 Å². The van der Waals surface area contributed by atoms with Crippen LogP contribution in [0.15, 0.2) is 36.5 Å². The first-order valence-corrected chi connectivity index (χ1v) is 8.37. The molecule has 1 aliphatic heterocycles. The molecule has 2 N–H and O–H groups in total. The Balaban J connectivity index is 1.60. The Morgan fingerprint density at radius 2 is 2.20 bits per heavy atom. The highest BCUT2D eigenvalue weighted by Gasteiger charge is 2.29. The van der Waals surface area contributed by atoms with Gasteiger partial charge in [-0.25, -0.2) is 0 Å². The third kappa shape index (κ3) is 4.58. The number of hydrogen-bond donors (Lipinski definition) is 2. The molecule has 7 nitrogen and oxygen atoms in total. The number of ether oxygens (including phenoxy) is 2. The van der Waals surface area contributed by atoms with Crippen molar-refractivity contribution in [3.8, 4) is 5.75 Å². The monoisotopic (exact) mass is 345 g/mol. The number of aromatic nitrogens is 2. The van der Waals surface area contributed by atoms with E-state index in [9.17, 15) is 4.79 Å². The van der Waals surface area contributed by atoms with Crippen LogP contribution in [0, 0.1) is 6.92 Å². The van der Waals surface area contributed by atoms with E-state index in [0.717, 1.165) is 11.3 Å². The maximum absolute atomic E-state index is 12.3. The summed E-state index contributed by atoms with van der Waals surface area (Å²) >= 11 is 0. The molecular formula is C18H23N3O4. The fourth-order valence-electron chi connectivity index (χ4n) is 2.79. The van der Waals surface area contributed by atoms with E-state index in [2.05, 4.69) is 10.4 Å². The van der Waals surface area contributed by atoms with Gasteiger partial charge in [0, 0.05) is 18.5 Å². The van der Waals surface area contributed by atoms with Crippen LogP contribution in [0.1, 0.15) is 17.7 Å². The van der Waals surface area contributed by atoms with Crippen LogP contribution in [0.25, 0.3) is 0 Å². The largest absolute Gasteiger partial charge is 0.486 e. The number of carbonyl (C=O) groups excluding carboxylic acids is 1. The molecular weight excluding hydrogens is 322 g/mol. The van der Waals surface area contributed by atoms with Gasteiger partial charge in [-0.15, -0.1) is 0 Å². The second kappa shape index (κ2) is 8.13. The van der Waals surface area contributed by atoms with Crippen molar-refractivity contribution in [2.24, 2.45) is 0 Å². The van der Waals surface area contributed by atoms with Crippen molar-refractivity contribution in [3.05, 3.63) is 47.8 Å². The van der Waals surface area contributed by atoms with Crippen LogP contribution >= 0.6 is 0 Å². The lowest BCUT2D eigenvalue weighted by Crippen LogP contribution is -2.52. The van der Waals surface area contributed by atoms with E-state index in [-0.39, 0.29) is 31.2 Å². The molecule has 2 heterocycles. The van der Waals surface area contributed by atoms with E-state index in [4.69, 9.17) is 14.6 Å². The molecule has 1 aromatic heterocycles. The van der Waals surface area contributed by atoms with Crippen molar-refractivity contribution in [3.63, 3.8) is 0 Å². The van der Waals surface area contributed by atoms with E-state index in [1.807, 2.05) is 37.3 Å². The van der Waals surface area contributed by atoms with Crippen molar-refractivity contribution < 1.29 is 19.4 Å². The number of hydrogen-bond acceptors (Lipinski definition) is 5. The van der Waals surface area contributed by atoms with Gasteiger partial charge < -0.3 is 19.9 Å². The molecule has 1 aliphatic rings. The Hall–Kier alpha value is -2.38. The molecule has 0 radical (unpaired) electrons. The number of amides is 1. The quantitative estimate of drug-likeness (QED) is 0.817. The second-order valence-corrected chi connectivity index (χ2v) is 6.13. The average Bonchev–Trinajstić information content (AvgIpc) is 3.02. The molecule has 0 spiro atoms. The molecule has 7 heteroatoms. The summed E-state index contributed by atoms with van der Waals surface area (Å²) in [7, 11) is 0. The summed E-state index contributed by atoms with van der Waals surface area (Å²) in [5, 5.41) is 16.3. The van der Waals surface area contributed by atoms with Crippen LogP contribution in [0.5, 0.6) is 5.75 Å². The fraction of sp³-hybridized carbons (Fsp3) is 0.444. The Bertz CT molecular complexity index is 699. The normalized spacial score (nSPS) is 20.2. The predicted molar refractivity (Wildman–Crippen MR) is 91.1 cm³/mol. The predicted octanol–water partition coefficient (Wildman–Crippen LogP) is 1.04. The van der Waals surface area contributed by atoms with Crippen molar-refractivity contribution in [1.29, 1.82) is 0 Å². The minimum Gasteiger partial charge on any atom is -0.486 e. The van der Waals surface area contributed by atoms with Gasteiger partial charge in [0.05, 0.1) is 19.3 Å². The van der Waals surface area contributed by atoms with Crippen LogP contribution in [0.3, 0.4) is 0 Å². The molecule has 0 aliphatic carbocycles. The fourth-order valence-corrected chi connectivity index (χ4v) is 2.79. The van der Waals surface area contributed by atoms with Gasteiger partial charge in [-0.05, 0) is 37.1 Å². The molecule has 134 valence electrons. The van der Waals surface area contributed by atoms with E-state index < -0.39 is 0 Å². The molecule has 25 heavy (non-hydrogen) atoms. The number of aliphatic hydroxyl groups is 1. The molecule has 3 rings (SSSR count). The summed E-state index contributed by atoms with van der Waals surface area (Å²) in [5.41, 5.74) is 1.77. The van der Waals surface area contributed by atoms with Crippen LogP contribution in [-0.2, 0) is 22.7 Å². The van der Waals surface area contributed by atoms with Gasteiger partial charge in [-0.3, -0.25) is 9.48 Å². The van der Waals surface area contributed by atoms with Gasteiger partial charge in [-0.1, -0.05) is 12.1 Å². The third-order valence-corrected chi connectivity index (χ3v) is 4.27. The van der Waals surface area contributed by atoms with Gasteiger partial charge >= 0.3 is 0 Å². The van der Waals surface area contributed by atoms with Crippen molar-refractivity contribution in [2.45, 2.75) is 38.6 Å². The van der Waals surface area contributed by atoms with Crippen LogP contribution in [0.2, 0.25) is 0 Å². The number of nitrogens with one attached hydrogen (secondary N) is 1. The molecule has 1 amide bonds. The Morgan fingerprint density at radius 3 is 2.88 bits per heavy atom. The molecule has 0 bridgehead atoms. The number of carbonyl (C=O) groups is 1. The number of aryl methyl sites for hydroxylation is 1. The highest BCUT2D eigenvalue weighted by molar-refractivity contribution is 5.76. The maximum atomic E-state index is 12.3. The zero-order valence-electron chi connectivity index (χ0n) is 14.2. The van der Waals surface area contributed by atoms with Gasteiger partial charge in [-0.2, -0.15) is 5.10 Å². The number of benzene rings is 1. The zero-order valence-corrected chi connectivity index (χ0v) is 14.2. The minimum atomic E-state index is -0.253. The first-order valence-electron chi connectivity index (χ1n) is 8.37. The molecule has 1 saturated heterocycles. The number of rotatable bonds is 6. The molecule has 2 atom stereocenters. The number of aliphatic hydroxyl groups excluding tert-OH is 1. The van der Waals surface area contributed by atoms with Gasteiger partial charge in [0.2, 0.25) is 5.91 Å². The summed E-state index contributed by atoms with van der Waals surface area (Å²) in [6, 6.07) is 9.00. The van der Waals surface area contributed by atoms with E-state index >= 15 is 0 Å². The summed E-state index contributed by atoms with van der Waals surface area (Å²) in [5.74, 6) is 0.595. The Kier molecular flexibility index (Phi) is 5.67. The molecule has 2 unspecified atom stereocenters. The van der Waals surface area contributed by atoms with Crippen LogP contribution in [-0.4, -0.2) is 46.2 Å².